The zero-order chi connectivity index (χ0) is 47.3. The molecule has 0 unspecified atom stereocenters. The van der Waals surface area contributed by atoms with Crippen molar-refractivity contribution in [3.8, 4) is 44.5 Å². The molecule has 0 amide bonds. The number of rotatable bonds is 10. The molecule has 0 saturated heterocycles. The van der Waals surface area contributed by atoms with E-state index < -0.39 is 0 Å². The summed E-state index contributed by atoms with van der Waals surface area (Å²) in [6.45, 7) is 9.03. The summed E-state index contributed by atoms with van der Waals surface area (Å²) in [4.78, 5) is 5.13. The predicted molar refractivity (Wildman–Crippen MR) is 300 cm³/mol. The van der Waals surface area contributed by atoms with Crippen molar-refractivity contribution in [3.05, 3.63) is 265 Å². The van der Waals surface area contributed by atoms with E-state index in [1.54, 1.807) is 0 Å². The number of nitrogens with zero attached hydrogens (tertiary/aromatic N) is 2. The Hall–Kier alpha value is -8.72. The second-order valence-corrected chi connectivity index (χ2v) is 18.7. The number of anilines is 6. The van der Waals surface area contributed by atoms with Crippen LogP contribution in [0.1, 0.15) is 22.3 Å². The molecule has 2 nitrogen and oxygen atoms in total. The Morgan fingerprint density at radius 2 is 0.514 bits per heavy atom. The quantitative estimate of drug-likeness (QED) is 0.126. The molecule has 0 bridgehead atoms. The number of hydrogen-bond donors (Lipinski definition) is 0. The minimum Gasteiger partial charge on any atom is -0.309 e. The lowest BCUT2D eigenvalue weighted by Crippen LogP contribution is -2.17. The lowest BCUT2D eigenvalue weighted by atomic mass is 9.90. The average Bonchev–Trinajstić information content (AvgIpc) is 3.41. The molecule has 12 aromatic rings. The number of aryl methyl sites for hydroxylation is 4. The Kier molecular flexibility index (Phi) is 10.8. The van der Waals surface area contributed by atoms with Crippen LogP contribution in [0.2, 0.25) is 0 Å². The molecule has 0 fully saturated rings. The standard InChI is InChI=1S/C68H52N2/c1-45-28-32-55(49-18-9-5-10-19-49)40-61(45)69(62-41-56(33-29-46(62)2)50-20-11-6-12-21-50)65-44-66(60-39-37-54-27-17-26-53-36-38-59(65)68(60)67(53)54)70(63-42-57(34-30-47(63)3)51-22-13-7-14-23-51)64-43-58(35-31-48(64)4)52-24-15-8-16-25-52/h5-44H,1-4H3. The highest BCUT2D eigenvalue weighted by Gasteiger charge is 2.28. The van der Waals surface area contributed by atoms with E-state index in [9.17, 15) is 0 Å². The summed E-state index contributed by atoms with van der Waals surface area (Å²) in [7, 11) is 0. The number of hydrogen-bond acceptors (Lipinski definition) is 2. The van der Waals surface area contributed by atoms with E-state index in [1.807, 2.05) is 0 Å². The molecule has 0 heterocycles. The van der Waals surface area contributed by atoms with Crippen molar-refractivity contribution in [3.63, 3.8) is 0 Å². The Bertz CT molecular complexity index is 3430. The topological polar surface area (TPSA) is 6.48 Å². The van der Waals surface area contributed by atoms with Gasteiger partial charge in [-0.1, -0.05) is 212 Å². The van der Waals surface area contributed by atoms with E-state index in [0.29, 0.717) is 0 Å². The third-order valence-corrected chi connectivity index (χ3v) is 14.3. The first kappa shape index (κ1) is 42.6. The summed E-state index contributed by atoms with van der Waals surface area (Å²) in [6, 6.07) is 89.6. The van der Waals surface area contributed by atoms with Crippen LogP contribution >= 0.6 is 0 Å². The van der Waals surface area contributed by atoms with Crippen LogP contribution in [0.5, 0.6) is 0 Å². The van der Waals surface area contributed by atoms with Gasteiger partial charge in [-0.25, -0.2) is 0 Å². The monoisotopic (exact) mass is 896 g/mol. The summed E-state index contributed by atoms with van der Waals surface area (Å²) in [5.41, 5.74) is 20.9. The lowest BCUT2D eigenvalue weighted by molar-refractivity contribution is 1.21. The Labute approximate surface area is 411 Å². The van der Waals surface area contributed by atoms with Gasteiger partial charge < -0.3 is 9.80 Å². The van der Waals surface area contributed by atoms with Gasteiger partial charge >= 0.3 is 0 Å². The van der Waals surface area contributed by atoms with Crippen LogP contribution in [0.15, 0.2) is 243 Å². The molecule has 0 aliphatic carbocycles. The highest BCUT2D eigenvalue weighted by molar-refractivity contribution is 6.29. The maximum atomic E-state index is 2.57. The van der Waals surface area contributed by atoms with Crippen molar-refractivity contribution in [1.29, 1.82) is 0 Å². The van der Waals surface area contributed by atoms with E-state index >= 15 is 0 Å². The van der Waals surface area contributed by atoms with Gasteiger partial charge in [-0.15, -0.1) is 0 Å². The first-order chi connectivity index (χ1) is 34.4. The molecule has 0 aliphatic heterocycles. The van der Waals surface area contributed by atoms with Gasteiger partial charge in [0, 0.05) is 38.9 Å². The summed E-state index contributed by atoms with van der Waals surface area (Å²) in [5.74, 6) is 0. The fraction of sp³-hybridized carbons (Fsp3) is 0.0588. The van der Waals surface area contributed by atoms with Crippen molar-refractivity contribution in [2.24, 2.45) is 0 Å². The van der Waals surface area contributed by atoms with Crippen LogP contribution in [0.25, 0.3) is 76.8 Å². The van der Waals surface area contributed by atoms with Crippen molar-refractivity contribution < 1.29 is 0 Å². The lowest BCUT2D eigenvalue weighted by Gasteiger charge is -2.35. The van der Waals surface area contributed by atoms with Crippen molar-refractivity contribution in [2.75, 3.05) is 9.80 Å². The third-order valence-electron chi connectivity index (χ3n) is 14.3. The Balaban J connectivity index is 1.23. The molecular formula is C68H52N2. The molecule has 2 heteroatoms. The predicted octanol–water partition coefficient (Wildman–Crippen LogP) is 19.4. The summed E-state index contributed by atoms with van der Waals surface area (Å²) >= 11 is 0. The molecule has 12 rings (SSSR count). The molecular weight excluding hydrogens is 845 g/mol. The van der Waals surface area contributed by atoms with E-state index in [0.717, 1.165) is 34.1 Å². The molecule has 0 atom stereocenters. The van der Waals surface area contributed by atoms with Gasteiger partial charge in [-0.2, -0.15) is 0 Å². The van der Waals surface area contributed by atoms with Crippen LogP contribution in [-0.2, 0) is 0 Å². The first-order valence-corrected chi connectivity index (χ1v) is 24.3. The molecule has 0 spiro atoms. The van der Waals surface area contributed by atoms with Crippen molar-refractivity contribution >= 4 is 66.4 Å². The second-order valence-electron chi connectivity index (χ2n) is 18.7. The largest absolute Gasteiger partial charge is 0.309 e. The van der Waals surface area contributed by atoms with Crippen LogP contribution < -0.4 is 9.80 Å². The van der Waals surface area contributed by atoms with E-state index in [-0.39, 0.29) is 0 Å². The number of benzene rings is 12. The molecule has 0 saturated carbocycles. The molecule has 334 valence electrons. The van der Waals surface area contributed by atoms with Gasteiger partial charge in [0.1, 0.15) is 0 Å². The molecule has 0 N–H and O–H groups in total. The zero-order valence-corrected chi connectivity index (χ0v) is 40.0. The zero-order valence-electron chi connectivity index (χ0n) is 40.0. The first-order valence-electron chi connectivity index (χ1n) is 24.3. The summed E-state index contributed by atoms with van der Waals surface area (Å²) < 4.78 is 0. The van der Waals surface area contributed by atoms with Gasteiger partial charge in [0.05, 0.1) is 11.4 Å². The van der Waals surface area contributed by atoms with Gasteiger partial charge in [0.2, 0.25) is 0 Å². The average molecular weight is 897 g/mol. The SMILES string of the molecule is Cc1ccc(-c2ccccc2)cc1N(c1cc(-c2ccccc2)ccc1C)c1cc(N(c2cc(-c3ccccc3)ccc2C)c2cc(-c3ccccc3)ccc2C)c2ccc3cccc4ccc1c2c43. The minimum atomic E-state index is 1.11. The van der Waals surface area contributed by atoms with Crippen LogP contribution in [-0.4, -0.2) is 0 Å². The van der Waals surface area contributed by atoms with Crippen molar-refractivity contribution in [2.45, 2.75) is 27.7 Å². The summed E-state index contributed by atoms with van der Waals surface area (Å²) in [5, 5.41) is 7.37. The van der Waals surface area contributed by atoms with Gasteiger partial charge in [-0.3, -0.25) is 0 Å². The second kappa shape index (κ2) is 17.7. The maximum Gasteiger partial charge on any atom is 0.0561 e. The molecule has 0 aromatic heterocycles. The Morgan fingerprint density at radius 1 is 0.214 bits per heavy atom. The van der Waals surface area contributed by atoms with Gasteiger partial charge in [-0.05, 0) is 141 Å². The fourth-order valence-electron chi connectivity index (χ4n) is 10.6. The fourth-order valence-corrected chi connectivity index (χ4v) is 10.6. The highest BCUT2D eigenvalue weighted by atomic mass is 15.2. The van der Waals surface area contributed by atoms with E-state index in [4.69, 9.17) is 0 Å². The van der Waals surface area contributed by atoms with Crippen LogP contribution in [0.3, 0.4) is 0 Å². The smallest absolute Gasteiger partial charge is 0.0561 e. The summed E-state index contributed by atoms with van der Waals surface area (Å²) in [6.07, 6.45) is 0. The van der Waals surface area contributed by atoms with E-state index in [2.05, 4.69) is 280 Å². The van der Waals surface area contributed by atoms with Crippen LogP contribution in [0.4, 0.5) is 34.1 Å². The maximum absolute atomic E-state index is 2.57. The molecule has 0 radical (unpaired) electrons. The highest BCUT2D eigenvalue weighted by Crippen LogP contribution is 2.53. The van der Waals surface area contributed by atoms with Crippen molar-refractivity contribution in [1.82, 2.24) is 0 Å². The third kappa shape index (κ3) is 7.55. The van der Waals surface area contributed by atoms with Gasteiger partial charge in [0.15, 0.2) is 0 Å². The van der Waals surface area contributed by atoms with E-state index in [1.165, 1.54) is 99.1 Å². The van der Waals surface area contributed by atoms with Crippen LogP contribution in [0, 0.1) is 27.7 Å². The minimum absolute atomic E-state index is 1.11. The van der Waals surface area contributed by atoms with Gasteiger partial charge in [0.25, 0.3) is 0 Å². The molecule has 0 aliphatic rings. The normalized spacial score (nSPS) is 11.4. The molecule has 12 aromatic carbocycles. The Morgan fingerprint density at radius 3 is 0.814 bits per heavy atom. The molecule has 70 heavy (non-hydrogen) atoms.